The molecule has 0 amide bonds. The van der Waals surface area contributed by atoms with Crippen LogP contribution in [0.15, 0.2) is 30.6 Å². The predicted molar refractivity (Wildman–Crippen MR) is 66.6 cm³/mol. The summed E-state index contributed by atoms with van der Waals surface area (Å²) in [5.74, 6) is 1.47. The molecule has 0 aliphatic heterocycles. The monoisotopic (exact) mass is 214 g/mol. The Morgan fingerprint density at radius 3 is 2.62 bits per heavy atom. The number of hydrogen-bond acceptors (Lipinski definition) is 1. The van der Waals surface area contributed by atoms with Gasteiger partial charge in [0.05, 0.1) is 0 Å². The number of nitrogens with zero attached hydrogens (tertiary/aromatic N) is 2. The summed E-state index contributed by atoms with van der Waals surface area (Å²) >= 11 is 0. The molecular weight excluding hydrogens is 196 g/mol. The Morgan fingerprint density at radius 1 is 1.25 bits per heavy atom. The highest BCUT2D eigenvalue weighted by Gasteiger charge is 2.15. The highest BCUT2D eigenvalue weighted by molar-refractivity contribution is 5.37. The molecule has 0 fully saturated rings. The molecule has 0 aliphatic carbocycles. The van der Waals surface area contributed by atoms with E-state index in [1.807, 2.05) is 19.4 Å². The van der Waals surface area contributed by atoms with E-state index in [2.05, 4.69) is 48.5 Å². The minimum Gasteiger partial charge on any atom is -0.338 e. The maximum absolute atomic E-state index is 4.43. The molecule has 0 bridgehead atoms. The standard InChI is InChI=1S/C14H18N2/c1-10-6-5-7-13(11(10)2)12(3)14-15-8-9-16(14)4/h5-9,12H,1-4H3. The van der Waals surface area contributed by atoms with Gasteiger partial charge in [-0.25, -0.2) is 4.98 Å². The molecule has 0 saturated heterocycles. The Hall–Kier alpha value is -1.57. The molecule has 2 nitrogen and oxygen atoms in total. The zero-order chi connectivity index (χ0) is 11.7. The van der Waals surface area contributed by atoms with E-state index in [-0.39, 0.29) is 0 Å². The molecule has 1 aromatic heterocycles. The summed E-state index contributed by atoms with van der Waals surface area (Å²) < 4.78 is 2.09. The summed E-state index contributed by atoms with van der Waals surface area (Å²) in [7, 11) is 2.05. The van der Waals surface area contributed by atoms with E-state index in [4.69, 9.17) is 0 Å². The third kappa shape index (κ3) is 1.75. The first-order valence-corrected chi connectivity index (χ1v) is 5.64. The van der Waals surface area contributed by atoms with Crippen molar-refractivity contribution < 1.29 is 0 Å². The molecule has 1 heterocycles. The first-order valence-electron chi connectivity index (χ1n) is 5.64. The van der Waals surface area contributed by atoms with Crippen LogP contribution in [0.4, 0.5) is 0 Å². The smallest absolute Gasteiger partial charge is 0.115 e. The SMILES string of the molecule is Cc1cccc(C(C)c2nccn2C)c1C. The normalized spacial score (nSPS) is 12.8. The maximum Gasteiger partial charge on any atom is 0.115 e. The molecule has 2 aromatic rings. The van der Waals surface area contributed by atoms with Crippen LogP contribution in [0, 0.1) is 13.8 Å². The van der Waals surface area contributed by atoms with Crippen molar-refractivity contribution in [3.05, 3.63) is 53.1 Å². The van der Waals surface area contributed by atoms with E-state index >= 15 is 0 Å². The van der Waals surface area contributed by atoms with Crippen LogP contribution in [0.3, 0.4) is 0 Å². The molecule has 1 unspecified atom stereocenters. The van der Waals surface area contributed by atoms with Gasteiger partial charge in [0.1, 0.15) is 5.82 Å². The zero-order valence-corrected chi connectivity index (χ0v) is 10.4. The predicted octanol–water partition coefficient (Wildman–Crippen LogP) is 3.19. The number of benzene rings is 1. The van der Waals surface area contributed by atoms with Crippen LogP contribution >= 0.6 is 0 Å². The molecule has 2 heteroatoms. The van der Waals surface area contributed by atoms with Crippen LogP contribution in [0.2, 0.25) is 0 Å². The van der Waals surface area contributed by atoms with Crippen molar-refractivity contribution in [3.63, 3.8) is 0 Å². The summed E-state index contributed by atoms with van der Waals surface area (Å²) in [5, 5.41) is 0. The number of aromatic nitrogens is 2. The molecular formula is C14H18N2. The lowest BCUT2D eigenvalue weighted by atomic mass is 9.93. The maximum atomic E-state index is 4.43. The molecule has 1 atom stereocenters. The lowest BCUT2D eigenvalue weighted by Gasteiger charge is -2.16. The molecule has 84 valence electrons. The third-order valence-electron chi connectivity index (χ3n) is 3.36. The van der Waals surface area contributed by atoms with Crippen LogP contribution in [0.5, 0.6) is 0 Å². The fourth-order valence-corrected chi connectivity index (χ4v) is 2.18. The average molecular weight is 214 g/mol. The van der Waals surface area contributed by atoms with Crippen molar-refractivity contribution in [2.45, 2.75) is 26.7 Å². The molecule has 0 aliphatic rings. The Labute approximate surface area is 97.0 Å². The summed E-state index contributed by atoms with van der Waals surface area (Å²) in [6.07, 6.45) is 3.86. The van der Waals surface area contributed by atoms with E-state index in [9.17, 15) is 0 Å². The van der Waals surface area contributed by atoms with Crippen molar-refractivity contribution in [3.8, 4) is 0 Å². The minimum atomic E-state index is 0.347. The highest BCUT2D eigenvalue weighted by atomic mass is 15.0. The third-order valence-corrected chi connectivity index (χ3v) is 3.36. The largest absolute Gasteiger partial charge is 0.338 e. The molecule has 1 aromatic carbocycles. The summed E-state index contributed by atoms with van der Waals surface area (Å²) in [4.78, 5) is 4.43. The van der Waals surface area contributed by atoms with Gasteiger partial charge in [-0.2, -0.15) is 0 Å². The van der Waals surface area contributed by atoms with Gasteiger partial charge in [-0.05, 0) is 30.5 Å². The number of hydrogen-bond donors (Lipinski definition) is 0. The number of imidazole rings is 1. The van der Waals surface area contributed by atoms with Gasteiger partial charge in [0, 0.05) is 25.4 Å². The van der Waals surface area contributed by atoms with Gasteiger partial charge in [-0.1, -0.05) is 25.1 Å². The van der Waals surface area contributed by atoms with Gasteiger partial charge >= 0.3 is 0 Å². The van der Waals surface area contributed by atoms with Crippen LogP contribution in [0.1, 0.15) is 35.4 Å². The Balaban J connectivity index is 2.46. The average Bonchev–Trinajstić information content (AvgIpc) is 2.68. The van der Waals surface area contributed by atoms with Gasteiger partial charge in [-0.3, -0.25) is 0 Å². The van der Waals surface area contributed by atoms with Gasteiger partial charge in [-0.15, -0.1) is 0 Å². The Morgan fingerprint density at radius 2 is 2.00 bits per heavy atom. The van der Waals surface area contributed by atoms with E-state index in [0.717, 1.165) is 5.82 Å². The van der Waals surface area contributed by atoms with E-state index < -0.39 is 0 Å². The van der Waals surface area contributed by atoms with Crippen molar-refractivity contribution in [2.24, 2.45) is 7.05 Å². The van der Waals surface area contributed by atoms with Crippen molar-refractivity contribution >= 4 is 0 Å². The van der Waals surface area contributed by atoms with E-state index in [1.54, 1.807) is 0 Å². The first-order chi connectivity index (χ1) is 7.61. The molecule has 0 saturated carbocycles. The Kier molecular flexibility index (Phi) is 2.82. The molecule has 0 N–H and O–H groups in total. The quantitative estimate of drug-likeness (QED) is 0.750. The van der Waals surface area contributed by atoms with Gasteiger partial charge in [0.15, 0.2) is 0 Å². The minimum absolute atomic E-state index is 0.347. The van der Waals surface area contributed by atoms with Gasteiger partial charge in [0.25, 0.3) is 0 Å². The molecule has 2 rings (SSSR count). The van der Waals surface area contributed by atoms with Crippen molar-refractivity contribution in [1.82, 2.24) is 9.55 Å². The summed E-state index contributed by atoms with van der Waals surface area (Å²) in [6, 6.07) is 6.47. The van der Waals surface area contributed by atoms with Crippen LogP contribution in [0.25, 0.3) is 0 Å². The van der Waals surface area contributed by atoms with Crippen molar-refractivity contribution in [1.29, 1.82) is 0 Å². The van der Waals surface area contributed by atoms with Gasteiger partial charge < -0.3 is 4.57 Å². The fraction of sp³-hybridized carbons (Fsp3) is 0.357. The van der Waals surface area contributed by atoms with E-state index in [0.29, 0.717) is 5.92 Å². The second-order valence-electron chi connectivity index (χ2n) is 4.41. The molecule has 0 spiro atoms. The second kappa shape index (κ2) is 4.12. The van der Waals surface area contributed by atoms with Crippen LogP contribution in [-0.4, -0.2) is 9.55 Å². The molecule has 0 radical (unpaired) electrons. The lowest BCUT2D eigenvalue weighted by molar-refractivity contribution is 0.735. The zero-order valence-electron chi connectivity index (χ0n) is 10.4. The second-order valence-corrected chi connectivity index (χ2v) is 4.41. The Bertz CT molecular complexity index is 497. The van der Waals surface area contributed by atoms with E-state index in [1.165, 1.54) is 16.7 Å². The highest BCUT2D eigenvalue weighted by Crippen LogP contribution is 2.26. The summed E-state index contributed by atoms with van der Waals surface area (Å²) in [6.45, 7) is 6.55. The molecule has 16 heavy (non-hydrogen) atoms. The lowest BCUT2D eigenvalue weighted by Crippen LogP contribution is -2.06. The summed E-state index contributed by atoms with van der Waals surface area (Å²) in [5.41, 5.74) is 4.09. The van der Waals surface area contributed by atoms with Crippen molar-refractivity contribution in [2.75, 3.05) is 0 Å². The van der Waals surface area contributed by atoms with Crippen LogP contribution < -0.4 is 0 Å². The van der Waals surface area contributed by atoms with Crippen LogP contribution in [-0.2, 0) is 7.05 Å². The topological polar surface area (TPSA) is 17.8 Å². The first kappa shape index (κ1) is 10.9. The van der Waals surface area contributed by atoms with Gasteiger partial charge in [0.2, 0.25) is 0 Å². The fourth-order valence-electron chi connectivity index (χ4n) is 2.18. The number of rotatable bonds is 2. The number of aryl methyl sites for hydroxylation is 2.